The normalized spacial score (nSPS) is 20.7. The van der Waals surface area contributed by atoms with Crippen LogP contribution in [0, 0.1) is 0 Å². The molecule has 2 aromatic carbocycles. The van der Waals surface area contributed by atoms with Gasteiger partial charge in [-0.15, -0.1) is 0 Å². The Labute approximate surface area is 177 Å². The summed E-state index contributed by atoms with van der Waals surface area (Å²) in [6, 6.07) is 16.1. The molecule has 2 heterocycles. The lowest BCUT2D eigenvalue weighted by atomic mass is 9.88. The van der Waals surface area contributed by atoms with Crippen molar-refractivity contribution in [1.29, 1.82) is 0 Å². The molecule has 0 aromatic heterocycles. The predicted octanol–water partition coefficient (Wildman–Crippen LogP) is 3.51. The number of ether oxygens (including phenoxy) is 2. The van der Waals surface area contributed by atoms with Crippen molar-refractivity contribution in [3.8, 4) is 11.5 Å². The molecule has 0 saturated heterocycles. The largest absolute Gasteiger partial charge is 0.496 e. The third kappa shape index (κ3) is 3.86. The molecule has 2 aromatic rings. The Morgan fingerprint density at radius 3 is 2.45 bits per heavy atom. The van der Waals surface area contributed by atoms with Gasteiger partial charge < -0.3 is 20.1 Å². The monoisotopic (exact) mass is 407 g/mol. The Hall–Kier alpha value is -2.83. The first-order chi connectivity index (χ1) is 14.1. The fourth-order valence-corrected chi connectivity index (χ4v) is 4.25. The topological polar surface area (TPSA) is 45.8 Å². The number of rotatable bonds is 4. The third-order valence-corrected chi connectivity index (χ3v) is 5.52. The van der Waals surface area contributed by atoms with Gasteiger partial charge in [-0.3, -0.25) is 4.90 Å². The molecule has 0 fully saturated rings. The maximum Gasteiger partial charge on any atom is 0.171 e. The number of nitrogens with one attached hydrogen (secondary N) is 2. The van der Waals surface area contributed by atoms with E-state index in [0.29, 0.717) is 5.11 Å². The molecule has 2 aliphatic heterocycles. The zero-order valence-corrected chi connectivity index (χ0v) is 17.7. The Bertz CT molecular complexity index is 999. The van der Waals surface area contributed by atoms with Crippen LogP contribution in [0.25, 0.3) is 6.08 Å². The first-order valence-electron chi connectivity index (χ1n) is 9.56. The highest BCUT2D eigenvalue weighted by molar-refractivity contribution is 7.80. The fraction of sp³-hybridized carbons (Fsp3) is 0.261. The molecule has 150 valence electrons. The van der Waals surface area contributed by atoms with Gasteiger partial charge in [-0.1, -0.05) is 36.4 Å². The Morgan fingerprint density at radius 2 is 1.69 bits per heavy atom. The molecule has 0 radical (unpaired) electrons. The predicted molar refractivity (Wildman–Crippen MR) is 120 cm³/mol. The van der Waals surface area contributed by atoms with Crippen molar-refractivity contribution >= 4 is 23.4 Å². The Kier molecular flexibility index (Phi) is 5.56. The van der Waals surface area contributed by atoms with Gasteiger partial charge in [0.25, 0.3) is 0 Å². The molecule has 2 aliphatic rings. The number of hydrogen-bond acceptors (Lipinski definition) is 4. The molecular formula is C23H25N3O2S. The Balaban J connectivity index is 1.84. The average molecular weight is 408 g/mol. The van der Waals surface area contributed by atoms with Gasteiger partial charge in [-0.25, -0.2) is 0 Å². The van der Waals surface area contributed by atoms with Crippen molar-refractivity contribution in [3.05, 3.63) is 76.5 Å². The number of benzene rings is 2. The minimum Gasteiger partial charge on any atom is -0.496 e. The number of nitrogens with zero attached hydrogens (tertiary/aromatic N) is 1. The first kappa shape index (κ1) is 19.5. The lowest BCUT2D eigenvalue weighted by Gasteiger charge is -2.39. The van der Waals surface area contributed by atoms with Crippen LogP contribution < -0.4 is 20.1 Å². The number of methoxy groups -OCH3 is 2. The van der Waals surface area contributed by atoms with Crippen molar-refractivity contribution in [1.82, 2.24) is 15.5 Å². The number of likely N-dealkylation sites (N-methyl/N-ethyl adjacent to an activating group) is 1. The van der Waals surface area contributed by atoms with Crippen LogP contribution >= 0.6 is 12.2 Å². The van der Waals surface area contributed by atoms with Crippen LogP contribution in [0.2, 0.25) is 0 Å². The van der Waals surface area contributed by atoms with Gasteiger partial charge in [0.15, 0.2) is 5.11 Å². The van der Waals surface area contributed by atoms with Gasteiger partial charge in [-0.2, -0.15) is 0 Å². The number of thiocarbonyl (C=S) groups is 1. The van der Waals surface area contributed by atoms with Crippen molar-refractivity contribution < 1.29 is 9.47 Å². The minimum atomic E-state index is -0.0429. The molecule has 5 nitrogen and oxygen atoms in total. The third-order valence-electron chi connectivity index (χ3n) is 5.30. The summed E-state index contributed by atoms with van der Waals surface area (Å²) in [6.07, 6.45) is 2.18. The van der Waals surface area contributed by atoms with E-state index in [1.807, 2.05) is 36.4 Å². The van der Waals surface area contributed by atoms with E-state index in [1.165, 1.54) is 11.1 Å². The van der Waals surface area contributed by atoms with Gasteiger partial charge >= 0.3 is 0 Å². The molecule has 1 atom stereocenters. The van der Waals surface area contributed by atoms with Gasteiger partial charge in [-0.05, 0) is 48.6 Å². The second kappa shape index (κ2) is 8.27. The molecule has 0 amide bonds. The highest BCUT2D eigenvalue weighted by Gasteiger charge is 2.33. The molecular weight excluding hydrogens is 382 g/mol. The summed E-state index contributed by atoms with van der Waals surface area (Å²) < 4.78 is 11.2. The molecule has 2 N–H and O–H groups in total. The highest BCUT2D eigenvalue weighted by atomic mass is 32.1. The van der Waals surface area contributed by atoms with Crippen LogP contribution in [-0.2, 0) is 0 Å². The van der Waals surface area contributed by atoms with Crippen LogP contribution in [0.5, 0.6) is 11.5 Å². The van der Waals surface area contributed by atoms with Crippen molar-refractivity contribution in [2.24, 2.45) is 0 Å². The summed E-state index contributed by atoms with van der Waals surface area (Å²) >= 11 is 5.56. The van der Waals surface area contributed by atoms with E-state index in [1.54, 1.807) is 14.2 Å². The quantitative estimate of drug-likeness (QED) is 0.757. The van der Waals surface area contributed by atoms with Gasteiger partial charge in [0.05, 0.1) is 20.3 Å². The second-order valence-electron chi connectivity index (χ2n) is 7.26. The van der Waals surface area contributed by atoms with E-state index in [9.17, 15) is 0 Å². The fourth-order valence-electron chi connectivity index (χ4n) is 4.03. The lowest BCUT2D eigenvalue weighted by molar-refractivity contribution is 0.359. The molecule has 0 spiro atoms. The van der Waals surface area contributed by atoms with Gasteiger partial charge in [0.1, 0.15) is 11.5 Å². The van der Waals surface area contributed by atoms with Crippen LogP contribution in [-0.4, -0.2) is 44.4 Å². The van der Waals surface area contributed by atoms with E-state index in [-0.39, 0.29) is 6.04 Å². The zero-order valence-electron chi connectivity index (χ0n) is 16.9. The summed E-state index contributed by atoms with van der Waals surface area (Å²) in [4.78, 5) is 2.31. The minimum absolute atomic E-state index is 0.0429. The van der Waals surface area contributed by atoms with Gasteiger partial charge in [0.2, 0.25) is 0 Å². The molecule has 1 unspecified atom stereocenters. The molecule has 0 saturated carbocycles. The number of hydrogen-bond donors (Lipinski definition) is 2. The van der Waals surface area contributed by atoms with E-state index in [4.69, 9.17) is 21.7 Å². The van der Waals surface area contributed by atoms with Crippen LogP contribution in [0.1, 0.15) is 17.2 Å². The van der Waals surface area contributed by atoms with Crippen LogP contribution in [0.3, 0.4) is 0 Å². The summed E-state index contributed by atoms with van der Waals surface area (Å²) in [6.45, 7) is 1.66. The van der Waals surface area contributed by atoms with Crippen molar-refractivity contribution in [2.75, 3.05) is 34.4 Å². The molecule has 0 bridgehead atoms. The smallest absolute Gasteiger partial charge is 0.171 e. The maximum atomic E-state index is 5.62. The average Bonchev–Trinajstić information content (AvgIpc) is 2.74. The lowest BCUT2D eigenvalue weighted by Crippen LogP contribution is -2.49. The Morgan fingerprint density at radius 1 is 1.00 bits per heavy atom. The van der Waals surface area contributed by atoms with E-state index >= 15 is 0 Å². The molecule has 0 aliphatic carbocycles. The van der Waals surface area contributed by atoms with E-state index in [0.717, 1.165) is 41.4 Å². The second-order valence-corrected chi connectivity index (χ2v) is 7.67. The van der Waals surface area contributed by atoms with E-state index in [2.05, 4.69) is 40.8 Å². The SMILES string of the molecule is COc1ccccc1/C=C1\CN(C)CC2=C1NC(=S)NC2c1ccccc1OC. The van der Waals surface area contributed by atoms with Crippen molar-refractivity contribution in [2.45, 2.75) is 6.04 Å². The summed E-state index contributed by atoms with van der Waals surface area (Å²) in [5, 5.41) is 7.47. The highest BCUT2D eigenvalue weighted by Crippen LogP contribution is 2.37. The zero-order chi connectivity index (χ0) is 20.4. The van der Waals surface area contributed by atoms with Gasteiger partial charge in [0, 0.05) is 29.9 Å². The summed E-state index contributed by atoms with van der Waals surface area (Å²) in [5.74, 6) is 1.71. The standard InChI is InChI=1S/C23H25N3O2S/c1-26-13-16(12-15-8-4-6-10-19(15)27-2)21-18(14-26)22(25-23(29)24-21)17-9-5-7-11-20(17)28-3/h4-12,22H,13-14H2,1-3H3,(H2,24,25,29)/b16-12+. The first-order valence-corrected chi connectivity index (χ1v) is 9.97. The maximum absolute atomic E-state index is 5.62. The molecule has 4 rings (SSSR count). The van der Waals surface area contributed by atoms with Crippen LogP contribution in [0.4, 0.5) is 0 Å². The summed E-state index contributed by atoms with van der Waals surface area (Å²) in [5.41, 5.74) is 5.65. The number of para-hydroxylation sites is 2. The van der Waals surface area contributed by atoms with E-state index < -0.39 is 0 Å². The molecule has 6 heteroatoms. The van der Waals surface area contributed by atoms with Crippen molar-refractivity contribution in [3.63, 3.8) is 0 Å². The molecule has 29 heavy (non-hydrogen) atoms. The van der Waals surface area contributed by atoms with Crippen LogP contribution in [0.15, 0.2) is 65.4 Å². The summed E-state index contributed by atoms with van der Waals surface area (Å²) in [7, 11) is 5.53.